The fourth-order valence-corrected chi connectivity index (χ4v) is 1.24. The number of hydrogen-bond acceptors (Lipinski definition) is 6. The molecule has 1 aromatic carbocycles. The molecule has 0 aliphatic rings. The minimum Gasteiger partial charge on any atom is -0.495 e. The predicted octanol–water partition coefficient (Wildman–Crippen LogP) is 0.368. The van der Waals surface area contributed by atoms with E-state index in [4.69, 9.17) is 9.84 Å². The van der Waals surface area contributed by atoms with Gasteiger partial charge in [0.25, 0.3) is 5.69 Å². The Balaban J connectivity index is 2.86. The standard InChI is InChI=1S/C10H14N2O5/c1-17-10-3-2-7(12(15)16)4-9(10)11-5-8(14)6-13/h2-4,8,11,13-14H,5-6H2,1H3. The summed E-state index contributed by atoms with van der Waals surface area (Å²) in [6, 6.07) is 4.10. The van der Waals surface area contributed by atoms with Crippen LogP contribution in [0.5, 0.6) is 5.75 Å². The molecular formula is C10H14N2O5. The number of benzene rings is 1. The van der Waals surface area contributed by atoms with E-state index in [9.17, 15) is 15.2 Å². The van der Waals surface area contributed by atoms with Gasteiger partial charge in [0.05, 0.1) is 30.4 Å². The Morgan fingerprint density at radius 2 is 2.29 bits per heavy atom. The molecule has 1 aromatic rings. The first-order valence-electron chi connectivity index (χ1n) is 4.93. The molecule has 0 fully saturated rings. The number of aliphatic hydroxyl groups excluding tert-OH is 2. The predicted molar refractivity (Wildman–Crippen MR) is 61.2 cm³/mol. The highest BCUT2D eigenvalue weighted by atomic mass is 16.6. The number of anilines is 1. The van der Waals surface area contributed by atoms with Crippen molar-refractivity contribution in [2.24, 2.45) is 0 Å². The summed E-state index contributed by atoms with van der Waals surface area (Å²) < 4.78 is 5.02. The molecule has 1 unspecified atom stereocenters. The van der Waals surface area contributed by atoms with E-state index in [0.717, 1.165) is 0 Å². The first-order valence-corrected chi connectivity index (χ1v) is 4.93. The van der Waals surface area contributed by atoms with Crippen LogP contribution >= 0.6 is 0 Å². The van der Waals surface area contributed by atoms with Crippen molar-refractivity contribution in [1.82, 2.24) is 0 Å². The topological polar surface area (TPSA) is 105 Å². The van der Waals surface area contributed by atoms with Crippen LogP contribution in [0.3, 0.4) is 0 Å². The number of non-ortho nitro benzene ring substituents is 1. The highest BCUT2D eigenvalue weighted by molar-refractivity contribution is 5.61. The Kier molecular flexibility index (Phi) is 4.68. The minimum atomic E-state index is -0.932. The number of hydrogen-bond donors (Lipinski definition) is 3. The largest absolute Gasteiger partial charge is 0.495 e. The van der Waals surface area contributed by atoms with Crippen LogP contribution in [0.4, 0.5) is 11.4 Å². The van der Waals surface area contributed by atoms with Gasteiger partial charge in [-0.3, -0.25) is 10.1 Å². The lowest BCUT2D eigenvalue weighted by Gasteiger charge is -2.13. The average Bonchev–Trinajstić information content (AvgIpc) is 2.35. The van der Waals surface area contributed by atoms with E-state index >= 15 is 0 Å². The first kappa shape index (κ1) is 13.2. The van der Waals surface area contributed by atoms with Gasteiger partial charge in [0, 0.05) is 18.7 Å². The molecule has 0 amide bonds. The van der Waals surface area contributed by atoms with Crippen LogP contribution in [-0.4, -0.2) is 41.5 Å². The van der Waals surface area contributed by atoms with Crippen molar-refractivity contribution >= 4 is 11.4 Å². The van der Waals surface area contributed by atoms with Crippen molar-refractivity contribution in [3.05, 3.63) is 28.3 Å². The van der Waals surface area contributed by atoms with Gasteiger partial charge in [-0.15, -0.1) is 0 Å². The minimum absolute atomic E-state index is 0.0770. The van der Waals surface area contributed by atoms with E-state index in [1.165, 1.54) is 25.3 Å². The molecule has 1 atom stereocenters. The number of nitrogens with one attached hydrogen (secondary N) is 1. The number of nitro benzene ring substituents is 1. The third-order valence-corrected chi connectivity index (χ3v) is 2.13. The summed E-state index contributed by atoms with van der Waals surface area (Å²) in [5.41, 5.74) is 0.320. The third-order valence-electron chi connectivity index (χ3n) is 2.13. The van der Waals surface area contributed by atoms with E-state index < -0.39 is 11.0 Å². The second-order valence-electron chi connectivity index (χ2n) is 3.36. The maximum absolute atomic E-state index is 10.6. The van der Waals surface area contributed by atoms with Gasteiger partial charge in [-0.05, 0) is 6.07 Å². The van der Waals surface area contributed by atoms with E-state index in [1.54, 1.807) is 0 Å². The fourth-order valence-electron chi connectivity index (χ4n) is 1.24. The number of ether oxygens (including phenoxy) is 1. The molecule has 0 heterocycles. The monoisotopic (exact) mass is 242 g/mol. The fraction of sp³-hybridized carbons (Fsp3) is 0.400. The molecule has 0 bridgehead atoms. The van der Waals surface area contributed by atoms with Gasteiger partial charge in [0.2, 0.25) is 0 Å². The third kappa shape index (κ3) is 3.58. The molecule has 94 valence electrons. The van der Waals surface area contributed by atoms with Gasteiger partial charge in [-0.25, -0.2) is 0 Å². The van der Waals surface area contributed by atoms with E-state index in [-0.39, 0.29) is 18.8 Å². The molecule has 0 spiro atoms. The molecule has 17 heavy (non-hydrogen) atoms. The molecule has 3 N–H and O–H groups in total. The van der Waals surface area contributed by atoms with Gasteiger partial charge in [0.15, 0.2) is 0 Å². The zero-order chi connectivity index (χ0) is 12.8. The molecule has 0 aliphatic carbocycles. The summed E-state index contributed by atoms with van der Waals surface area (Å²) in [5, 5.41) is 31.2. The quantitative estimate of drug-likeness (QED) is 0.491. The Labute approximate surface area is 97.8 Å². The van der Waals surface area contributed by atoms with Crippen molar-refractivity contribution in [1.29, 1.82) is 0 Å². The lowest BCUT2D eigenvalue weighted by molar-refractivity contribution is -0.384. The van der Waals surface area contributed by atoms with Crippen LogP contribution < -0.4 is 10.1 Å². The highest BCUT2D eigenvalue weighted by Gasteiger charge is 2.12. The van der Waals surface area contributed by atoms with Crippen LogP contribution in [-0.2, 0) is 0 Å². The molecule has 0 saturated carbocycles. The van der Waals surface area contributed by atoms with Crippen molar-refractivity contribution in [3.63, 3.8) is 0 Å². The second kappa shape index (κ2) is 6.02. The van der Waals surface area contributed by atoms with Crippen molar-refractivity contribution in [2.45, 2.75) is 6.10 Å². The van der Waals surface area contributed by atoms with Crippen LogP contribution in [0.25, 0.3) is 0 Å². The summed E-state index contributed by atoms with van der Waals surface area (Å²) in [7, 11) is 1.44. The van der Waals surface area contributed by atoms with Gasteiger partial charge < -0.3 is 20.3 Å². The molecule has 7 nitrogen and oxygen atoms in total. The Bertz CT molecular complexity index is 396. The van der Waals surface area contributed by atoms with Crippen LogP contribution in [0.15, 0.2) is 18.2 Å². The summed E-state index contributed by atoms with van der Waals surface area (Å²) in [6.07, 6.45) is -0.932. The Hall–Kier alpha value is -1.86. The Morgan fingerprint density at radius 3 is 2.82 bits per heavy atom. The van der Waals surface area contributed by atoms with E-state index in [0.29, 0.717) is 11.4 Å². The summed E-state index contributed by atoms with van der Waals surface area (Å²) in [6.45, 7) is -0.307. The summed E-state index contributed by atoms with van der Waals surface area (Å²) in [4.78, 5) is 10.1. The average molecular weight is 242 g/mol. The molecule has 0 radical (unpaired) electrons. The van der Waals surface area contributed by atoms with Gasteiger partial charge >= 0.3 is 0 Å². The molecule has 0 aliphatic heterocycles. The smallest absolute Gasteiger partial charge is 0.271 e. The van der Waals surface area contributed by atoms with Crippen molar-refractivity contribution in [2.75, 3.05) is 25.6 Å². The van der Waals surface area contributed by atoms with E-state index in [2.05, 4.69) is 5.32 Å². The van der Waals surface area contributed by atoms with Crippen molar-refractivity contribution < 1.29 is 19.9 Å². The van der Waals surface area contributed by atoms with Crippen LogP contribution in [0.1, 0.15) is 0 Å². The number of rotatable bonds is 6. The van der Waals surface area contributed by atoms with Gasteiger partial charge in [-0.2, -0.15) is 0 Å². The molecular weight excluding hydrogens is 228 g/mol. The zero-order valence-electron chi connectivity index (χ0n) is 9.29. The van der Waals surface area contributed by atoms with E-state index in [1.807, 2.05) is 0 Å². The maximum Gasteiger partial charge on any atom is 0.271 e. The number of aliphatic hydroxyl groups is 2. The van der Waals surface area contributed by atoms with Crippen molar-refractivity contribution in [3.8, 4) is 5.75 Å². The number of nitrogens with zero attached hydrogens (tertiary/aromatic N) is 1. The summed E-state index contributed by atoms with van der Waals surface area (Å²) in [5.74, 6) is 0.431. The second-order valence-corrected chi connectivity index (χ2v) is 3.36. The SMILES string of the molecule is COc1ccc([N+](=O)[O-])cc1NCC(O)CO. The molecule has 1 rings (SSSR count). The number of nitro groups is 1. The number of methoxy groups -OCH3 is 1. The van der Waals surface area contributed by atoms with Crippen LogP contribution in [0.2, 0.25) is 0 Å². The van der Waals surface area contributed by atoms with Gasteiger partial charge in [0.1, 0.15) is 5.75 Å². The molecule has 0 aromatic heterocycles. The van der Waals surface area contributed by atoms with Crippen LogP contribution in [0, 0.1) is 10.1 Å². The van der Waals surface area contributed by atoms with Gasteiger partial charge in [-0.1, -0.05) is 0 Å². The lowest BCUT2D eigenvalue weighted by Crippen LogP contribution is -2.23. The summed E-state index contributed by atoms with van der Waals surface area (Å²) >= 11 is 0. The highest BCUT2D eigenvalue weighted by Crippen LogP contribution is 2.28. The molecule has 0 saturated heterocycles. The lowest BCUT2D eigenvalue weighted by atomic mass is 10.2. The Morgan fingerprint density at radius 1 is 1.59 bits per heavy atom. The first-order chi connectivity index (χ1) is 8.08. The maximum atomic E-state index is 10.6. The normalized spacial score (nSPS) is 11.9. The zero-order valence-corrected chi connectivity index (χ0v) is 9.29. The molecule has 7 heteroatoms.